The van der Waals surface area contributed by atoms with Gasteiger partial charge in [0, 0.05) is 29.4 Å². The summed E-state index contributed by atoms with van der Waals surface area (Å²) in [6, 6.07) is 15.6. The predicted molar refractivity (Wildman–Crippen MR) is 167 cm³/mol. The first-order chi connectivity index (χ1) is 19.8. The van der Waals surface area contributed by atoms with Crippen molar-refractivity contribution in [3.63, 3.8) is 0 Å². The van der Waals surface area contributed by atoms with Crippen molar-refractivity contribution in [2.75, 3.05) is 13.2 Å². The zero-order chi connectivity index (χ0) is 32.6. The Morgan fingerprint density at radius 2 is 1.14 bits per heavy atom. The lowest BCUT2D eigenvalue weighted by Gasteiger charge is -2.30. The second-order valence-electron chi connectivity index (χ2n) is 12.9. The van der Waals surface area contributed by atoms with Gasteiger partial charge in [-0.25, -0.2) is 9.59 Å². The average Bonchev–Trinajstić information content (AvgIpc) is 2.89. The van der Waals surface area contributed by atoms with Gasteiger partial charge in [-0.05, 0) is 76.9 Å². The van der Waals surface area contributed by atoms with Crippen molar-refractivity contribution < 1.29 is 38.7 Å². The fraction of sp³-hybridized carbons (Fsp3) is 0.486. The number of hydrogen-bond acceptors (Lipinski definition) is 8. The van der Waals surface area contributed by atoms with Crippen LogP contribution in [0.1, 0.15) is 79.4 Å². The van der Waals surface area contributed by atoms with Crippen LogP contribution in [0.3, 0.4) is 0 Å². The van der Waals surface area contributed by atoms with Crippen molar-refractivity contribution in [3.8, 4) is 11.5 Å². The zero-order valence-corrected chi connectivity index (χ0v) is 26.9. The fourth-order valence-electron chi connectivity index (χ4n) is 4.55. The molecule has 0 bridgehead atoms. The number of rotatable bonds is 16. The highest BCUT2D eigenvalue weighted by atomic mass is 16.6. The number of aliphatic hydroxyl groups excluding tert-OH is 2. The Morgan fingerprint density at radius 1 is 0.698 bits per heavy atom. The highest BCUT2D eigenvalue weighted by Gasteiger charge is 2.28. The van der Waals surface area contributed by atoms with E-state index in [1.807, 2.05) is 62.4 Å². The predicted octanol–water partition coefficient (Wildman–Crippen LogP) is 6.07. The van der Waals surface area contributed by atoms with Gasteiger partial charge in [0.2, 0.25) is 0 Å². The van der Waals surface area contributed by atoms with E-state index < -0.39 is 35.3 Å². The molecule has 0 radical (unpaired) electrons. The lowest BCUT2D eigenvalue weighted by atomic mass is 9.78. The van der Waals surface area contributed by atoms with Crippen molar-refractivity contribution >= 4 is 11.9 Å². The van der Waals surface area contributed by atoms with Gasteiger partial charge in [0.15, 0.2) is 0 Å². The molecule has 43 heavy (non-hydrogen) atoms. The summed E-state index contributed by atoms with van der Waals surface area (Å²) in [6.45, 7) is 21.7. The van der Waals surface area contributed by atoms with Crippen molar-refractivity contribution in [1.29, 1.82) is 0 Å². The fourth-order valence-corrected chi connectivity index (χ4v) is 4.55. The standard InChI is InChI=1S/C35H48O8/c1-23(2)31(38)41-22-28(37)19-33(5,6)42-30-17-13-26(14-18-30)35(9,10)25-11-15-29(16-12-25)40-21-27(36)20-34(7,8)43-32(39)24(3)4/h11-18,27-28,36-37H,1,3,19-22H2,2,4-10H3. The largest absolute Gasteiger partial charge is 0.491 e. The van der Waals surface area contributed by atoms with Crippen LogP contribution in [0.25, 0.3) is 0 Å². The summed E-state index contributed by atoms with van der Waals surface area (Å²) < 4.78 is 22.4. The number of carbonyl (C=O) groups excluding carboxylic acids is 2. The number of ether oxygens (including phenoxy) is 4. The molecule has 0 aliphatic carbocycles. The molecule has 0 amide bonds. The monoisotopic (exact) mass is 596 g/mol. The van der Waals surface area contributed by atoms with E-state index in [0.29, 0.717) is 17.1 Å². The van der Waals surface area contributed by atoms with Crippen LogP contribution < -0.4 is 9.47 Å². The summed E-state index contributed by atoms with van der Waals surface area (Å²) in [5.74, 6) is 0.267. The van der Waals surface area contributed by atoms with Crippen molar-refractivity contribution in [2.24, 2.45) is 0 Å². The first-order valence-electron chi connectivity index (χ1n) is 14.4. The van der Waals surface area contributed by atoms with E-state index in [2.05, 4.69) is 27.0 Å². The molecule has 0 aliphatic heterocycles. The Hall–Kier alpha value is -3.62. The molecule has 8 nitrogen and oxygen atoms in total. The van der Waals surface area contributed by atoms with Crippen LogP contribution in [-0.4, -0.2) is 58.8 Å². The minimum atomic E-state index is -0.870. The third-order valence-corrected chi connectivity index (χ3v) is 6.92. The first-order valence-corrected chi connectivity index (χ1v) is 14.4. The number of benzene rings is 2. The molecular weight excluding hydrogens is 548 g/mol. The van der Waals surface area contributed by atoms with E-state index >= 15 is 0 Å². The normalized spacial score (nSPS) is 13.4. The molecule has 2 aromatic carbocycles. The quantitative estimate of drug-likeness (QED) is 0.178. The molecule has 0 saturated heterocycles. The van der Waals surface area contributed by atoms with Gasteiger partial charge in [0.1, 0.15) is 35.9 Å². The van der Waals surface area contributed by atoms with Gasteiger partial charge in [-0.2, -0.15) is 0 Å². The smallest absolute Gasteiger partial charge is 0.333 e. The summed E-state index contributed by atoms with van der Waals surface area (Å²) in [5.41, 5.74) is 0.891. The van der Waals surface area contributed by atoms with Gasteiger partial charge in [-0.1, -0.05) is 51.3 Å². The number of esters is 2. The summed E-state index contributed by atoms with van der Waals surface area (Å²) in [4.78, 5) is 23.4. The van der Waals surface area contributed by atoms with Crippen LogP contribution in [0.2, 0.25) is 0 Å². The number of hydrogen-bond donors (Lipinski definition) is 2. The van der Waals surface area contributed by atoms with Gasteiger partial charge in [0.25, 0.3) is 0 Å². The Balaban J connectivity index is 1.95. The second-order valence-corrected chi connectivity index (χ2v) is 12.9. The van der Waals surface area contributed by atoms with Crippen LogP contribution in [0.4, 0.5) is 0 Å². The average molecular weight is 597 g/mol. The summed E-state index contributed by atoms with van der Waals surface area (Å²) >= 11 is 0. The topological polar surface area (TPSA) is 112 Å². The Morgan fingerprint density at radius 3 is 1.63 bits per heavy atom. The van der Waals surface area contributed by atoms with E-state index in [9.17, 15) is 19.8 Å². The zero-order valence-electron chi connectivity index (χ0n) is 26.9. The molecule has 8 heteroatoms. The van der Waals surface area contributed by atoms with E-state index in [0.717, 1.165) is 11.1 Å². The molecule has 2 unspecified atom stereocenters. The van der Waals surface area contributed by atoms with Crippen LogP contribution in [0.5, 0.6) is 11.5 Å². The van der Waals surface area contributed by atoms with E-state index in [-0.39, 0.29) is 37.0 Å². The number of carbonyl (C=O) groups is 2. The number of aliphatic hydroxyl groups is 2. The van der Waals surface area contributed by atoms with Crippen LogP contribution in [-0.2, 0) is 24.5 Å². The molecule has 2 rings (SSSR count). The second kappa shape index (κ2) is 14.7. The van der Waals surface area contributed by atoms with Crippen molar-refractivity contribution in [2.45, 2.75) is 97.1 Å². The molecule has 0 aromatic heterocycles. The first kappa shape index (κ1) is 35.6. The molecule has 236 valence electrons. The SMILES string of the molecule is C=C(C)C(=O)OCC(O)CC(C)(C)Oc1ccc(C(C)(C)c2ccc(OCC(O)CC(C)(C)OC(=O)C(=C)C)cc2)cc1. The Kier molecular flexibility index (Phi) is 12.2. The Bertz CT molecular complexity index is 1260. The summed E-state index contributed by atoms with van der Waals surface area (Å²) in [5, 5.41) is 20.8. The molecule has 0 fully saturated rings. The van der Waals surface area contributed by atoms with E-state index in [4.69, 9.17) is 18.9 Å². The molecule has 0 aliphatic rings. The Labute approximate surface area is 256 Å². The summed E-state index contributed by atoms with van der Waals surface area (Å²) in [6.07, 6.45) is -1.20. The van der Waals surface area contributed by atoms with Crippen molar-refractivity contribution in [1.82, 2.24) is 0 Å². The molecule has 2 aromatic rings. The van der Waals surface area contributed by atoms with Crippen LogP contribution in [0, 0.1) is 0 Å². The third kappa shape index (κ3) is 11.5. The lowest BCUT2D eigenvalue weighted by molar-refractivity contribution is -0.154. The van der Waals surface area contributed by atoms with Gasteiger partial charge >= 0.3 is 11.9 Å². The third-order valence-electron chi connectivity index (χ3n) is 6.92. The molecule has 2 atom stereocenters. The lowest BCUT2D eigenvalue weighted by Crippen LogP contribution is -2.35. The molecular formula is C35H48O8. The van der Waals surface area contributed by atoms with Crippen LogP contribution >= 0.6 is 0 Å². The maximum atomic E-state index is 11.8. The van der Waals surface area contributed by atoms with Gasteiger partial charge in [-0.3, -0.25) is 0 Å². The van der Waals surface area contributed by atoms with Gasteiger partial charge in [0.05, 0.1) is 12.2 Å². The van der Waals surface area contributed by atoms with Crippen LogP contribution in [0.15, 0.2) is 72.8 Å². The molecule has 0 saturated carbocycles. The minimum absolute atomic E-state index is 0.0608. The van der Waals surface area contributed by atoms with Gasteiger partial charge in [-0.15, -0.1) is 0 Å². The van der Waals surface area contributed by atoms with Crippen molar-refractivity contribution in [3.05, 3.63) is 84.0 Å². The molecule has 2 N–H and O–H groups in total. The summed E-state index contributed by atoms with van der Waals surface area (Å²) in [7, 11) is 0. The maximum Gasteiger partial charge on any atom is 0.333 e. The highest BCUT2D eigenvalue weighted by molar-refractivity contribution is 5.87. The van der Waals surface area contributed by atoms with Gasteiger partial charge < -0.3 is 29.2 Å². The molecule has 0 heterocycles. The minimum Gasteiger partial charge on any atom is -0.491 e. The molecule has 0 spiro atoms. The maximum absolute atomic E-state index is 11.8. The van der Waals surface area contributed by atoms with E-state index in [1.165, 1.54) is 0 Å². The van der Waals surface area contributed by atoms with E-state index in [1.54, 1.807) is 27.7 Å². The highest BCUT2D eigenvalue weighted by Crippen LogP contribution is 2.34.